The lowest BCUT2D eigenvalue weighted by atomic mass is 9.66. The van der Waals surface area contributed by atoms with E-state index in [9.17, 15) is 0 Å². The van der Waals surface area contributed by atoms with E-state index in [-0.39, 0.29) is 30.2 Å². The summed E-state index contributed by atoms with van der Waals surface area (Å²) < 4.78 is 12.8. The zero-order chi connectivity index (χ0) is 19.7. The van der Waals surface area contributed by atoms with Crippen LogP contribution in [0.4, 0.5) is 0 Å². The summed E-state index contributed by atoms with van der Waals surface area (Å²) >= 11 is 0. The van der Waals surface area contributed by atoms with E-state index < -0.39 is 0 Å². The molecule has 0 N–H and O–H groups in total. The summed E-state index contributed by atoms with van der Waals surface area (Å²) in [5.74, 6) is 0.183. The Balaban J connectivity index is 1.86. The van der Waals surface area contributed by atoms with Crippen molar-refractivity contribution in [3.8, 4) is 0 Å². The number of hydrogen-bond acceptors (Lipinski definition) is 3. The first-order valence-corrected chi connectivity index (χ1v) is 9.86. The SMILES string of the molecule is C[C@@H](B1OC(C)(C)C(C)(C)O1)[C@H](c1ccccc1)N(C)Cc1ccccc1. The minimum absolute atomic E-state index is 0.183. The molecule has 1 fully saturated rings. The summed E-state index contributed by atoms with van der Waals surface area (Å²) in [6.45, 7) is 11.6. The second-order valence-corrected chi connectivity index (χ2v) is 8.74. The molecule has 0 amide bonds. The van der Waals surface area contributed by atoms with Crippen LogP contribution in [-0.2, 0) is 15.9 Å². The highest BCUT2D eigenvalue weighted by Gasteiger charge is 2.54. The topological polar surface area (TPSA) is 21.7 Å². The molecule has 2 aromatic carbocycles. The fourth-order valence-electron chi connectivity index (χ4n) is 3.83. The van der Waals surface area contributed by atoms with Crippen LogP contribution in [0, 0.1) is 0 Å². The van der Waals surface area contributed by atoms with E-state index in [4.69, 9.17) is 9.31 Å². The predicted octanol–water partition coefficient (Wildman–Crippen LogP) is 5.34. The summed E-state index contributed by atoms with van der Waals surface area (Å²) in [4.78, 5) is 2.40. The highest BCUT2D eigenvalue weighted by molar-refractivity contribution is 6.47. The van der Waals surface area contributed by atoms with Crippen LogP contribution in [0.2, 0.25) is 5.82 Å². The van der Waals surface area contributed by atoms with Crippen LogP contribution in [0.15, 0.2) is 60.7 Å². The third kappa shape index (κ3) is 4.29. The Kier molecular flexibility index (Phi) is 5.80. The molecule has 2 aromatic rings. The van der Waals surface area contributed by atoms with Gasteiger partial charge in [0, 0.05) is 18.4 Å². The van der Waals surface area contributed by atoms with E-state index in [1.807, 2.05) is 0 Å². The van der Waals surface area contributed by atoms with Gasteiger partial charge >= 0.3 is 7.12 Å². The van der Waals surface area contributed by atoms with Crippen LogP contribution in [0.25, 0.3) is 0 Å². The Hall–Kier alpha value is -1.62. The smallest absolute Gasteiger partial charge is 0.403 e. The van der Waals surface area contributed by atoms with E-state index >= 15 is 0 Å². The number of rotatable bonds is 6. The van der Waals surface area contributed by atoms with Crippen molar-refractivity contribution in [1.29, 1.82) is 0 Å². The van der Waals surface area contributed by atoms with E-state index in [0.29, 0.717) is 0 Å². The molecule has 1 aliphatic heterocycles. The third-order valence-corrected chi connectivity index (χ3v) is 6.09. The van der Waals surface area contributed by atoms with Crippen LogP contribution in [0.5, 0.6) is 0 Å². The molecular weight excluding hydrogens is 333 g/mol. The van der Waals surface area contributed by atoms with E-state index in [2.05, 4.69) is 107 Å². The summed E-state index contributed by atoms with van der Waals surface area (Å²) in [5, 5.41) is 0. The van der Waals surface area contributed by atoms with Crippen molar-refractivity contribution < 1.29 is 9.31 Å². The summed E-state index contributed by atoms with van der Waals surface area (Å²) in [6.07, 6.45) is 0. The molecule has 0 aliphatic carbocycles. The first-order valence-electron chi connectivity index (χ1n) is 9.86. The molecule has 1 saturated heterocycles. The molecule has 0 spiro atoms. The lowest BCUT2D eigenvalue weighted by molar-refractivity contribution is 0.00578. The van der Waals surface area contributed by atoms with Gasteiger partial charge in [-0.2, -0.15) is 0 Å². The largest absolute Gasteiger partial charge is 0.462 e. The van der Waals surface area contributed by atoms with Crippen LogP contribution >= 0.6 is 0 Å². The molecular formula is C23H32BNO2. The normalized spacial score (nSPS) is 20.6. The molecule has 4 heteroatoms. The van der Waals surface area contributed by atoms with Gasteiger partial charge in [0.2, 0.25) is 0 Å². The molecule has 27 heavy (non-hydrogen) atoms. The molecule has 0 radical (unpaired) electrons. The highest BCUT2D eigenvalue weighted by atomic mass is 16.7. The number of benzene rings is 2. The molecule has 0 aromatic heterocycles. The monoisotopic (exact) mass is 365 g/mol. The Morgan fingerprint density at radius 2 is 1.33 bits per heavy atom. The Bertz CT molecular complexity index is 717. The highest BCUT2D eigenvalue weighted by Crippen LogP contribution is 2.44. The van der Waals surface area contributed by atoms with Gasteiger partial charge in [0.15, 0.2) is 0 Å². The molecule has 0 saturated carbocycles. The van der Waals surface area contributed by atoms with Crippen molar-refractivity contribution in [1.82, 2.24) is 4.90 Å². The van der Waals surface area contributed by atoms with Gasteiger partial charge in [-0.1, -0.05) is 67.6 Å². The molecule has 1 aliphatic rings. The van der Waals surface area contributed by atoms with Crippen LogP contribution in [0.1, 0.15) is 51.8 Å². The molecule has 0 unspecified atom stereocenters. The van der Waals surface area contributed by atoms with Gasteiger partial charge in [0.1, 0.15) is 0 Å². The molecule has 3 nitrogen and oxygen atoms in total. The lowest BCUT2D eigenvalue weighted by Gasteiger charge is -2.34. The standard InChI is InChI=1S/C23H32BNO2/c1-18(24-26-22(2,3)23(4,5)27-24)21(20-15-11-8-12-16-20)25(6)17-19-13-9-7-10-14-19/h7-16,18,21H,17H2,1-6H3/t18-,21-/m1/s1. The Morgan fingerprint density at radius 1 is 0.852 bits per heavy atom. The quantitative estimate of drug-likeness (QED) is 0.645. The predicted molar refractivity (Wildman–Crippen MR) is 113 cm³/mol. The average molecular weight is 365 g/mol. The van der Waals surface area contributed by atoms with Crippen molar-refractivity contribution in [2.45, 2.75) is 64.2 Å². The Labute approximate surface area is 164 Å². The maximum atomic E-state index is 6.38. The van der Waals surface area contributed by atoms with Crippen molar-refractivity contribution in [3.63, 3.8) is 0 Å². The molecule has 3 rings (SSSR count). The number of hydrogen-bond donors (Lipinski definition) is 0. The van der Waals surface area contributed by atoms with Crippen molar-refractivity contribution >= 4 is 7.12 Å². The van der Waals surface area contributed by atoms with Crippen LogP contribution in [0.3, 0.4) is 0 Å². The fraction of sp³-hybridized carbons (Fsp3) is 0.478. The summed E-state index contributed by atoms with van der Waals surface area (Å²) in [6, 6.07) is 21.5. The minimum Gasteiger partial charge on any atom is -0.403 e. The van der Waals surface area contributed by atoms with Gasteiger partial charge in [-0.15, -0.1) is 0 Å². The maximum Gasteiger partial charge on any atom is 0.462 e. The van der Waals surface area contributed by atoms with E-state index in [1.54, 1.807) is 0 Å². The summed E-state index contributed by atoms with van der Waals surface area (Å²) in [7, 11) is 1.95. The second kappa shape index (κ2) is 7.79. The first kappa shape index (κ1) is 20.1. The fourth-order valence-corrected chi connectivity index (χ4v) is 3.83. The lowest BCUT2D eigenvalue weighted by Crippen LogP contribution is -2.41. The van der Waals surface area contributed by atoms with Gasteiger partial charge in [-0.05, 0) is 45.9 Å². The Morgan fingerprint density at radius 3 is 1.85 bits per heavy atom. The van der Waals surface area contributed by atoms with Crippen molar-refractivity contribution in [2.75, 3.05) is 7.05 Å². The van der Waals surface area contributed by atoms with Gasteiger partial charge in [0.25, 0.3) is 0 Å². The average Bonchev–Trinajstić information content (AvgIpc) is 2.84. The number of nitrogens with zero attached hydrogens (tertiary/aromatic N) is 1. The zero-order valence-corrected chi connectivity index (χ0v) is 17.5. The van der Waals surface area contributed by atoms with Gasteiger partial charge in [-0.25, -0.2) is 0 Å². The molecule has 2 atom stereocenters. The third-order valence-electron chi connectivity index (χ3n) is 6.09. The molecule has 0 bridgehead atoms. The van der Waals surface area contributed by atoms with Crippen molar-refractivity contribution in [3.05, 3.63) is 71.8 Å². The zero-order valence-electron chi connectivity index (χ0n) is 17.5. The van der Waals surface area contributed by atoms with Crippen LogP contribution < -0.4 is 0 Å². The minimum atomic E-state index is -0.314. The van der Waals surface area contributed by atoms with Crippen LogP contribution in [-0.4, -0.2) is 30.3 Å². The van der Waals surface area contributed by atoms with Gasteiger partial charge in [-0.3, -0.25) is 4.90 Å². The van der Waals surface area contributed by atoms with E-state index in [0.717, 1.165) is 6.54 Å². The molecule has 144 valence electrons. The maximum absolute atomic E-state index is 6.38. The van der Waals surface area contributed by atoms with Gasteiger partial charge in [0.05, 0.1) is 11.2 Å². The van der Waals surface area contributed by atoms with Crippen molar-refractivity contribution in [2.24, 2.45) is 0 Å². The second-order valence-electron chi connectivity index (χ2n) is 8.74. The summed E-state index contributed by atoms with van der Waals surface area (Å²) in [5.41, 5.74) is 1.97. The van der Waals surface area contributed by atoms with E-state index in [1.165, 1.54) is 11.1 Å². The first-order chi connectivity index (χ1) is 12.7. The molecule has 1 heterocycles. The van der Waals surface area contributed by atoms with Gasteiger partial charge < -0.3 is 9.31 Å².